The second-order valence-electron chi connectivity index (χ2n) is 6.13. The lowest BCUT2D eigenvalue weighted by Gasteiger charge is -2.18. The monoisotopic (exact) mass is 364 g/mol. The van der Waals surface area contributed by atoms with Gasteiger partial charge in [-0.1, -0.05) is 12.1 Å². The summed E-state index contributed by atoms with van der Waals surface area (Å²) in [4.78, 5) is 16.7. The molecular weight excluding hydrogens is 348 g/mol. The van der Waals surface area contributed by atoms with Gasteiger partial charge < -0.3 is 9.88 Å². The quantitative estimate of drug-likeness (QED) is 0.679. The summed E-state index contributed by atoms with van der Waals surface area (Å²) in [5, 5.41) is 0.616. The molecule has 2 aromatic carbocycles. The van der Waals surface area contributed by atoms with Crippen LogP contribution in [0.5, 0.6) is 0 Å². The van der Waals surface area contributed by atoms with Crippen LogP contribution in [0.15, 0.2) is 48.7 Å². The maximum Gasteiger partial charge on any atom is 0.416 e. The first-order chi connectivity index (χ1) is 12.2. The van der Waals surface area contributed by atoms with E-state index < -0.39 is 17.6 Å². The molecule has 1 amide bonds. The lowest BCUT2D eigenvalue weighted by molar-refractivity contribution is -0.137. The van der Waals surface area contributed by atoms with E-state index in [0.29, 0.717) is 16.5 Å². The number of aromatic amines is 1. The Balaban J connectivity index is 1.73. The van der Waals surface area contributed by atoms with Gasteiger partial charge in [0.2, 0.25) is 5.91 Å². The SMILES string of the molecule is CN(Cc1cccc(C(F)(F)F)c1)C(=O)Cc1c[nH]c2ccc(F)cc12. The third-order valence-electron chi connectivity index (χ3n) is 4.17. The number of aromatic nitrogens is 1. The van der Waals surface area contributed by atoms with E-state index in [1.54, 1.807) is 18.3 Å². The molecule has 1 heterocycles. The van der Waals surface area contributed by atoms with Crippen LogP contribution in [0, 0.1) is 5.82 Å². The van der Waals surface area contributed by atoms with Crippen LogP contribution >= 0.6 is 0 Å². The smallest absolute Gasteiger partial charge is 0.361 e. The number of alkyl halides is 3. The minimum Gasteiger partial charge on any atom is -0.361 e. The summed E-state index contributed by atoms with van der Waals surface area (Å²) in [6, 6.07) is 9.14. The Morgan fingerprint density at radius 3 is 2.65 bits per heavy atom. The molecule has 0 atom stereocenters. The Morgan fingerprint density at radius 2 is 1.92 bits per heavy atom. The van der Waals surface area contributed by atoms with Crippen molar-refractivity contribution in [1.82, 2.24) is 9.88 Å². The number of rotatable bonds is 4. The second kappa shape index (κ2) is 6.82. The van der Waals surface area contributed by atoms with Gasteiger partial charge in [0.1, 0.15) is 5.82 Å². The van der Waals surface area contributed by atoms with E-state index in [1.807, 2.05) is 0 Å². The minimum atomic E-state index is -4.42. The van der Waals surface area contributed by atoms with Crippen LogP contribution in [0.2, 0.25) is 0 Å². The molecule has 0 unspecified atom stereocenters. The van der Waals surface area contributed by atoms with E-state index in [1.165, 1.54) is 30.1 Å². The topological polar surface area (TPSA) is 36.1 Å². The van der Waals surface area contributed by atoms with Crippen molar-refractivity contribution in [2.75, 3.05) is 7.05 Å². The van der Waals surface area contributed by atoms with E-state index in [-0.39, 0.29) is 18.9 Å². The largest absolute Gasteiger partial charge is 0.416 e. The Morgan fingerprint density at radius 1 is 1.15 bits per heavy atom. The highest BCUT2D eigenvalue weighted by atomic mass is 19.4. The Labute approximate surface area is 147 Å². The van der Waals surface area contributed by atoms with Crippen LogP contribution in [0.3, 0.4) is 0 Å². The van der Waals surface area contributed by atoms with Crippen LogP contribution in [-0.4, -0.2) is 22.8 Å². The maximum absolute atomic E-state index is 13.4. The van der Waals surface area contributed by atoms with E-state index in [2.05, 4.69) is 4.98 Å². The van der Waals surface area contributed by atoms with Gasteiger partial charge in [0.05, 0.1) is 12.0 Å². The molecule has 7 heteroatoms. The highest BCUT2D eigenvalue weighted by Gasteiger charge is 2.30. The third-order valence-corrected chi connectivity index (χ3v) is 4.17. The van der Waals surface area contributed by atoms with Gasteiger partial charge in [-0.3, -0.25) is 4.79 Å². The normalized spacial score (nSPS) is 11.7. The Hall–Kier alpha value is -2.83. The van der Waals surface area contributed by atoms with Crippen LogP contribution in [0.4, 0.5) is 17.6 Å². The van der Waals surface area contributed by atoms with E-state index in [4.69, 9.17) is 0 Å². The molecule has 0 aliphatic heterocycles. The molecule has 1 aromatic heterocycles. The van der Waals surface area contributed by atoms with Crippen LogP contribution < -0.4 is 0 Å². The molecule has 26 heavy (non-hydrogen) atoms. The molecule has 136 valence electrons. The fourth-order valence-electron chi connectivity index (χ4n) is 2.80. The summed E-state index contributed by atoms with van der Waals surface area (Å²) in [5.74, 6) is -0.671. The number of benzene rings is 2. The molecule has 0 aliphatic carbocycles. The highest BCUT2D eigenvalue weighted by molar-refractivity contribution is 5.88. The van der Waals surface area contributed by atoms with Crippen molar-refractivity contribution in [3.8, 4) is 0 Å². The zero-order chi connectivity index (χ0) is 18.9. The van der Waals surface area contributed by atoms with Crippen LogP contribution in [0.1, 0.15) is 16.7 Å². The number of hydrogen-bond donors (Lipinski definition) is 1. The predicted molar refractivity (Wildman–Crippen MR) is 89.9 cm³/mol. The van der Waals surface area contributed by atoms with Crippen molar-refractivity contribution >= 4 is 16.8 Å². The first-order valence-electron chi connectivity index (χ1n) is 7.89. The average Bonchev–Trinajstić information content (AvgIpc) is 2.96. The second-order valence-corrected chi connectivity index (χ2v) is 6.13. The van der Waals surface area contributed by atoms with Gasteiger partial charge in [-0.15, -0.1) is 0 Å². The van der Waals surface area contributed by atoms with Crippen molar-refractivity contribution in [2.45, 2.75) is 19.1 Å². The molecule has 3 nitrogen and oxygen atoms in total. The number of nitrogens with zero attached hydrogens (tertiary/aromatic N) is 1. The number of hydrogen-bond acceptors (Lipinski definition) is 1. The molecule has 0 bridgehead atoms. The van der Waals surface area contributed by atoms with E-state index in [0.717, 1.165) is 17.6 Å². The number of halogens is 4. The summed E-state index contributed by atoms with van der Waals surface area (Å²) in [6.07, 6.45) is -2.76. The molecule has 3 aromatic rings. The van der Waals surface area contributed by atoms with Gasteiger partial charge in [0.15, 0.2) is 0 Å². The molecule has 0 saturated carbocycles. The standard InChI is InChI=1S/C19H16F4N2O/c1-25(11-12-3-2-4-14(7-12)19(21,22)23)18(26)8-13-10-24-17-6-5-15(20)9-16(13)17/h2-7,9-10,24H,8,11H2,1H3. The zero-order valence-corrected chi connectivity index (χ0v) is 13.9. The first kappa shape index (κ1) is 18.0. The highest BCUT2D eigenvalue weighted by Crippen LogP contribution is 2.29. The fraction of sp³-hybridized carbons (Fsp3) is 0.211. The Bertz CT molecular complexity index is 946. The number of carbonyl (C=O) groups excluding carboxylic acids is 1. The van der Waals surface area contributed by atoms with E-state index >= 15 is 0 Å². The molecule has 0 saturated heterocycles. The third kappa shape index (κ3) is 3.87. The fourth-order valence-corrected chi connectivity index (χ4v) is 2.80. The maximum atomic E-state index is 13.4. The molecular formula is C19H16F4N2O. The predicted octanol–water partition coefficient (Wildman–Crippen LogP) is 4.53. The van der Waals surface area contributed by atoms with Crippen molar-refractivity contribution in [3.05, 3.63) is 71.2 Å². The van der Waals surface area contributed by atoms with Gasteiger partial charge in [0.25, 0.3) is 0 Å². The lowest BCUT2D eigenvalue weighted by atomic mass is 10.1. The molecule has 0 radical (unpaired) electrons. The number of carbonyl (C=O) groups is 1. The molecule has 1 N–H and O–H groups in total. The lowest BCUT2D eigenvalue weighted by Crippen LogP contribution is -2.27. The number of likely N-dealkylation sites (N-methyl/N-ethyl adjacent to an activating group) is 1. The number of nitrogens with one attached hydrogen (secondary N) is 1. The summed E-state index contributed by atoms with van der Waals surface area (Å²) < 4.78 is 51.8. The van der Waals surface area contributed by atoms with Gasteiger partial charge in [-0.05, 0) is 41.5 Å². The molecule has 0 aliphatic rings. The molecule has 0 spiro atoms. The van der Waals surface area contributed by atoms with E-state index in [9.17, 15) is 22.4 Å². The van der Waals surface area contributed by atoms with Crippen molar-refractivity contribution < 1.29 is 22.4 Å². The zero-order valence-electron chi connectivity index (χ0n) is 13.9. The number of fused-ring (bicyclic) bond motifs is 1. The summed E-state index contributed by atoms with van der Waals surface area (Å²) >= 11 is 0. The van der Waals surface area contributed by atoms with Crippen molar-refractivity contribution in [1.29, 1.82) is 0 Å². The average molecular weight is 364 g/mol. The Kier molecular flexibility index (Phi) is 4.71. The first-order valence-corrected chi connectivity index (χ1v) is 7.89. The molecule has 0 fully saturated rings. The number of H-pyrrole nitrogens is 1. The summed E-state index contributed by atoms with van der Waals surface area (Å²) in [6.45, 7) is 0.0550. The molecule has 3 rings (SSSR count). The van der Waals surface area contributed by atoms with Gasteiger partial charge in [-0.2, -0.15) is 13.2 Å². The number of amides is 1. The van der Waals surface area contributed by atoms with Crippen molar-refractivity contribution in [3.63, 3.8) is 0 Å². The minimum absolute atomic E-state index is 0.0267. The van der Waals surface area contributed by atoms with Crippen LogP contribution in [0.25, 0.3) is 10.9 Å². The summed E-state index contributed by atoms with van der Waals surface area (Å²) in [5.41, 5.74) is 0.999. The van der Waals surface area contributed by atoms with Gasteiger partial charge in [-0.25, -0.2) is 4.39 Å². The van der Waals surface area contributed by atoms with Crippen molar-refractivity contribution in [2.24, 2.45) is 0 Å². The van der Waals surface area contributed by atoms with Gasteiger partial charge >= 0.3 is 6.18 Å². The summed E-state index contributed by atoms with van der Waals surface area (Å²) in [7, 11) is 1.53. The van der Waals surface area contributed by atoms with Crippen LogP contribution in [-0.2, 0) is 23.9 Å². The van der Waals surface area contributed by atoms with Gasteiger partial charge in [0, 0.05) is 30.7 Å².